The van der Waals surface area contributed by atoms with Crippen molar-refractivity contribution < 1.29 is 18.5 Å². The average molecular weight is 483 g/mol. The van der Waals surface area contributed by atoms with Crippen LogP contribution in [-0.4, -0.2) is 31.5 Å². The Morgan fingerprint density at radius 3 is 2.66 bits per heavy atom. The van der Waals surface area contributed by atoms with Gasteiger partial charge in [0.05, 0.1) is 0 Å². The molecule has 0 saturated heterocycles. The molecule has 1 atom stereocenters. The molecule has 186 valence electrons. The Morgan fingerprint density at radius 2 is 2.00 bits per heavy atom. The molecule has 2 aromatic heterocycles. The minimum atomic E-state index is -0.632. The molecule has 2 heterocycles. The number of hydrogen-bond acceptors (Lipinski definition) is 6. The molecule has 2 amide bonds. The number of amides is 2. The fraction of sp³-hybridized carbons (Fsp3) is 0.480. The number of rotatable bonds is 8. The monoisotopic (exact) mass is 482 g/mol. The molecule has 10 heteroatoms. The van der Waals surface area contributed by atoms with Crippen LogP contribution in [0.5, 0.6) is 0 Å². The van der Waals surface area contributed by atoms with Crippen LogP contribution in [-0.2, 0) is 28.6 Å². The lowest BCUT2D eigenvalue weighted by Gasteiger charge is -2.30. The molecular formula is C25H31FN6O3. The van der Waals surface area contributed by atoms with Crippen molar-refractivity contribution in [2.24, 2.45) is 7.05 Å². The van der Waals surface area contributed by atoms with Crippen LogP contribution in [0.4, 0.5) is 4.39 Å². The third-order valence-electron chi connectivity index (χ3n) is 6.44. The van der Waals surface area contributed by atoms with E-state index in [0.717, 1.165) is 38.5 Å². The van der Waals surface area contributed by atoms with Gasteiger partial charge in [0, 0.05) is 39.2 Å². The van der Waals surface area contributed by atoms with Crippen molar-refractivity contribution in [3.63, 3.8) is 0 Å². The highest BCUT2D eigenvalue weighted by atomic mass is 19.1. The van der Waals surface area contributed by atoms with E-state index < -0.39 is 11.6 Å². The van der Waals surface area contributed by atoms with Crippen molar-refractivity contribution in [1.82, 2.24) is 30.3 Å². The molecule has 0 bridgehead atoms. The third-order valence-corrected chi connectivity index (χ3v) is 6.44. The van der Waals surface area contributed by atoms with Gasteiger partial charge in [-0.25, -0.2) is 9.37 Å². The second-order valence-corrected chi connectivity index (χ2v) is 9.14. The van der Waals surface area contributed by atoms with Crippen molar-refractivity contribution in [2.75, 3.05) is 0 Å². The van der Waals surface area contributed by atoms with E-state index in [4.69, 9.17) is 4.52 Å². The maximum atomic E-state index is 13.9. The van der Waals surface area contributed by atoms with Crippen LogP contribution in [0.15, 0.2) is 41.2 Å². The minimum absolute atomic E-state index is 0.102. The quantitative estimate of drug-likeness (QED) is 0.475. The Balaban J connectivity index is 1.45. The van der Waals surface area contributed by atoms with Crippen molar-refractivity contribution in [3.05, 3.63) is 65.6 Å². The van der Waals surface area contributed by atoms with Gasteiger partial charge >= 0.3 is 0 Å². The molecule has 9 nitrogen and oxygen atoms in total. The summed E-state index contributed by atoms with van der Waals surface area (Å²) in [6.45, 7) is 1.49. The number of carbonyl (C=O) groups is 2. The molecule has 0 radical (unpaired) electrons. The van der Waals surface area contributed by atoms with Gasteiger partial charge in [-0.1, -0.05) is 43.0 Å². The van der Waals surface area contributed by atoms with Crippen LogP contribution in [0.2, 0.25) is 0 Å². The molecule has 3 aromatic rings. The van der Waals surface area contributed by atoms with E-state index in [1.807, 2.05) is 7.05 Å². The van der Waals surface area contributed by atoms with Gasteiger partial charge < -0.3 is 19.7 Å². The Kier molecular flexibility index (Phi) is 7.57. The van der Waals surface area contributed by atoms with Gasteiger partial charge in [0.25, 0.3) is 0 Å². The molecule has 0 spiro atoms. The summed E-state index contributed by atoms with van der Waals surface area (Å²) < 4.78 is 21.1. The van der Waals surface area contributed by atoms with Crippen LogP contribution in [0, 0.1) is 5.82 Å². The van der Waals surface area contributed by atoms with Crippen LogP contribution in [0.1, 0.15) is 81.0 Å². The highest BCUT2D eigenvalue weighted by Crippen LogP contribution is 2.34. The van der Waals surface area contributed by atoms with E-state index in [-0.39, 0.29) is 30.5 Å². The number of imidazole rings is 1. The topological polar surface area (TPSA) is 115 Å². The maximum Gasteiger partial charge on any atom is 0.227 e. The van der Waals surface area contributed by atoms with Gasteiger partial charge in [0.15, 0.2) is 5.82 Å². The third kappa shape index (κ3) is 5.93. The van der Waals surface area contributed by atoms with Crippen molar-refractivity contribution in [1.29, 1.82) is 0 Å². The number of nitrogens with one attached hydrogen (secondary N) is 2. The lowest BCUT2D eigenvalue weighted by molar-refractivity contribution is -0.122. The lowest BCUT2D eigenvalue weighted by atomic mass is 9.89. The fourth-order valence-corrected chi connectivity index (χ4v) is 4.72. The fourth-order valence-electron chi connectivity index (χ4n) is 4.72. The molecule has 1 fully saturated rings. The Hall–Kier alpha value is -3.56. The predicted octanol–water partition coefficient (Wildman–Crippen LogP) is 3.47. The van der Waals surface area contributed by atoms with Gasteiger partial charge in [0.2, 0.25) is 17.7 Å². The highest BCUT2D eigenvalue weighted by molar-refractivity contribution is 5.77. The summed E-state index contributed by atoms with van der Waals surface area (Å²) in [5.74, 6) is 0.623. The van der Waals surface area contributed by atoms with Crippen LogP contribution >= 0.6 is 0 Å². The number of halogens is 1. The molecule has 0 aliphatic heterocycles. The molecule has 1 saturated carbocycles. The van der Waals surface area contributed by atoms with Gasteiger partial charge in [-0.05, 0) is 30.5 Å². The minimum Gasteiger partial charge on any atom is -0.343 e. The smallest absolute Gasteiger partial charge is 0.227 e. The van der Waals surface area contributed by atoms with E-state index in [9.17, 15) is 14.0 Å². The average Bonchev–Trinajstić information content (AvgIpc) is 3.41. The highest BCUT2D eigenvalue weighted by Gasteiger charge is 2.38. The second-order valence-electron chi connectivity index (χ2n) is 9.14. The van der Waals surface area contributed by atoms with Crippen LogP contribution in [0.3, 0.4) is 0 Å². The molecule has 35 heavy (non-hydrogen) atoms. The number of aromatic nitrogens is 4. The molecule has 1 aliphatic carbocycles. The zero-order valence-electron chi connectivity index (χ0n) is 20.1. The maximum absolute atomic E-state index is 13.9. The number of benzene rings is 1. The molecule has 4 rings (SSSR count). The molecule has 2 N–H and O–H groups in total. The Morgan fingerprint density at radius 1 is 1.23 bits per heavy atom. The van der Waals surface area contributed by atoms with Gasteiger partial charge in [-0.3, -0.25) is 9.59 Å². The van der Waals surface area contributed by atoms with E-state index >= 15 is 0 Å². The van der Waals surface area contributed by atoms with E-state index in [0.29, 0.717) is 23.1 Å². The van der Waals surface area contributed by atoms with E-state index in [1.165, 1.54) is 19.1 Å². The summed E-state index contributed by atoms with van der Waals surface area (Å²) in [6, 6.07) is 5.49. The SMILES string of the molecule is CC(=O)NC1(c2noc(CCC(=O)NC(c3cccc(F)c3)c3nccn3C)n2)CCCCCC1. The zero-order chi connectivity index (χ0) is 24.8. The number of hydrogen-bond donors (Lipinski definition) is 2. The van der Waals surface area contributed by atoms with Crippen molar-refractivity contribution in [3.8, 4) is 0 Å². The van der Waals surface area contributed by atoms with E-state index in [2.05, 4.69) is 25.8 Å². The van der Waals surface area contributed by atoms with Gasteiger partial charge in [-0.15, -0.1) is 0 Å². The predicted molar refractivity (Wildman–Crippen MR) is 125 cm³/mol. The van der Waals surface area contributed by atoms with Crippen LogP contribution < -0.4 is 10.6 Å². The number of aryl methyl sites for hydroxylation is 2. The van der Waals surface area contributed by atoms with Gasteiger partial charge in [-0.2, -0.15) is 4.98 Å². The molecular weight excluding hydrogens is 451 g/mol. The van der Waals surface area contributed by atoms with Gasteiger partial charge in [0.1, 0.15) is 23.2 Å². The number of nitrogens with zero attached hydrogens (tertiary/aromatic N) is 4. The summed E-state index contributed by atoms with van der Waals surface area (Å²) >= 11 is 0. The molecule has 1 unspecified atom stereocenters. The Bertz CT molecular complexity index is 1170. The first kappa shape index (κ1) is 24.6. The summed E-state index contributed by atoms with van der Waals surface area (Å²) in [4.78, 5) is 33.7. The summed E-state index contributed by atoms with van der Waals surface area (Å²) in [6.07, 6.45) is 9.41. The first-order chi connectivity index (χ1) is 16.9. The second kappa shape index (κ2) is 10.8. The van der Waals surface area contributed by atoms with Crippen molar-refractivity contribution in [2.45, 2.75) is 69.9 Å². The summed E-state index contributed by atoms with van der Waals surface area (Å²) in [7, 11) is 1.82. The normalized spacial score (nSPS) is 16.3. The zero-order valence-corrected chi connectivity index (χ0v) is 20.1. The largest absolute Gasteiger partial charge is 0.343 e. The molecule has 1 aromatic carbocycles. The standard InChI is InChI=1S/C25H31FN6O3/c1-17(33)30-25(12-5-3-4-6-13-25)24-29-21(35-31-24)11-10-20(34)28-22(23-27-14-15-32(23)2)18-8-7-9-19(26)16-18/h7-9,14-16,22H,3-6,10-13H2,1-2H3,(H,28,34)(H,30,33). The summed E-state index contributed by atoms with van der Waals surface area (Å²) in [5.41, 5.74) is -0.0362. The first-order valence-corrected chi connectivity index (χ1v) is 12.0. The lowest BCUT2D eigenvalue weighted by Crippen LogP contribution is -2.45. The van der Waals surface area contributed by atoms with Crippen molar-refractivity contribution >= 4 is 11.8 Å². The van der Waals surface area contributed by atoms with Crippen LogP contribution in [0.25, 0.3) is 0 Å². The summed E-state index contributed by atoms with van der Waals surface area (Å²) in [5, 5.41) is 10.2. The van der Waals surface area contributed by atoms with E-state index in [1.54, 1.807) is 29.1 Å². The Labute approximate surface area is 203 Å². The number of carbonyl (C=O) groups excluding carboxylic acids is 2. The first-order valence-electron chi connectivity index (χ1n) is 12.0. The molecule has 1 aliphatic rings.